The normalized spacial score (nSPS) is 13.6. The molecule has 0 saturated carbocycles. The molecule has 12 rings (SSSR count). The van der Waals surface area contributed by atoms with Crippen LogP contribution < -0.4 is 26.2 Å². The van der Waals surface area contributed by atoms with Gasteiger partial charge >= 0.3 is 0 Å². The number of anilines is 6. The van der Waals surface area contributed by atoms with Crippen molar-refractivity contribution in [3.05, 3.63) is 236 Å². The maximum Gasteiger partial charge on any atom is 0.252 e. The van der Waals surface area contributed by atoms with Crippen LogP contribution in [0.4, 0.5) is 34.1 Å². The van der Waals surface area contributed by atoms with Crippen molar-refractivity contribution in [2.75, 3.05) is 9.80 Å². The Morgan fingerprint density at radius 2 is 0.706 bits per heavy atom. The summed E-state index contributed by atoms with van der Waals surface area (Å²) in [6.07, 6.45) is 0. The first-order valence-electron chi connectivity index (χ1n) is 24.0. The van der Waals surface area contributed by atoms with Gasteiger partial charge in [0.1, 0.15) is 0 Å². The molecule has 0 unspecified atom stereocenters. The second kappa shape index (κ2) is 15.9. The molecule has 330 valence electrons. The Morgan fingerprint density at radius 3 is 1.07 bits per heavy atom. The van der Waals surface area contributed by atoms with E-state index in [9.17, 15) is 0 Å². The molecule has 0 amide bonds. The lowest BCUT2D eigenvalue weighted by Gasteiger charge is -2.48. The molecule has 0 aromatic heterocycles. The second-order valence-corrected chi connectivity index (χ2v) is 23.7. The van der Waals surface area contributed by atoms with E-state index in [1.54, 1.807) is 0 Å². The van der Waals surface area contributed by atoms with Crippen LogP contribution in [0.2, 0.25) is 0 Å². The zero-order valence-corrected chi connectivity index (χ0v) is 40.6. The molecular weight excluding hydrogens is 840 g/mol. The van der Waals surface area contributed by atoms with Crippen molar-refractivity contribution in [2.45, 2.75) is 72.0 Å². The van der Waals surface area contributed by atoms with E-state index in [0.717, 1.165) is 11.4 Å². The molecule has 10 aromatic rings. The number of fused-ring (bicyclic) bond motifs is 8. The van der Waals surface area contributed by atoms with Gasteiger partial charge in [-0.2, -0.15) is 0 Å². The van der Waals surface area contributed by atoms with Gasteiger partial charge in [-0.3, -0.25) is 0 Å². The lowest BCUT2D eigenvalue weighted by atomic mass is 9.33. The fourth-order valence-electron chi connectivity index (χ4n) is 11.1. The predicted octanol–water partition coefficient (Wildman–Crippen LogP) is 16.0. The van der Waals surface area contributed by atoms with E-state index in [1.165, 1.54) is 91.4 Å². The van der Waals surface area contributed by atoms with Crippen molar-refractivity contribution in [3.63, 3.8) is 0 Å². The number of hydrogen-bond acceptors (Lipinski definition) is 2. The fourth-order valence-corrected chi connectivity index (χ4v) is 15.0. The van der Waals surface area contributed by atoms with E-state index in [2.05, 4.69) is 276 Å². The second-order valence-electron chi connectivity index (χ2n) is 20.6. The molecule has 2 aliphatic heterocycles. The average Bonchev–Trinajstić information content (AvgIpc) is 3.37. The zero-order chi connectivity index (χ0) is 46.4. The minimum Gasteiger partial charge on any atom is -0.311 e. The Morgan fingerprint density at radius 1 is 0.353 bits per heavy atom. The average molecular weight is 895 g/mol. The molecular formula is C64H55BN2S. The molecule has 2 nitrogen and oxygen atoms in total. The van der Waals surface area contributed by atoms with Crippen LogP contribution in [0.3, 0.4) is 0 Å². The number of nitrogens with zero attached hydrogens (tertiary/aromatic N) is 2. The van der Waals surface area contributed by atoms with E-state index in [4.69, 9.17) is 0 Å². The summed E-state index contributed by atoms with van der Waals surface area (Å²) in [4.78, 5) is 10.4. The molecule has 0 atom stereocenters. The van der Waals surface area contributed by atoms with Gasteiger partial charge in [0.2, 0.25) is 0 Å². The molecule has 0 fully saturated rings. The van der Waals surface area contributed by atoms with Gasteiger partial charge in [0, 0.05) is 64.5 Å². The Hall–Kier alpha value is -7.27. The van der Waals surface area contributed by atoms with Crippen molar-refractivity contribution < 1.29 is 0 Å². The molecule has 0 radical (unpaired) electrons. The Balaban J connectivity index is 1.29. The van der Waals surface area contributed by atoms with Crippen LogP contribution in [-0.4, -0.2) is 6.71 Å². The lowest BCUT2D eigenvalue weighted by Crippen LogP contribution is -2.61. The Labute approximate surface area is 404 Å². The minimum absolute atomic E-state index is 0.00868. The lowest BCUT2D eigenvalue weighted by molar-refractivity contribution is 0.590. The fraction of sp³-hybridized carbons (Fsp3) is 0.125. The van der Waals surface area contributed by atoms with E-state index in [-0.39, 0.29) is 17.5 Å². The molecule has 4 heteroatoms. The largest absolute Gasteiger partial charge is 0.311 e. The first-order valence-corrected chi connectivity index (χ1v) is 25.7. The highest BCUT2D eigenvalue weighted by molar-refractivity contribution is 8.34. The maximum absolute atomic E-state index is 2.63. The van der Waals surface area contributed by atoms with Gasteiger partial charge < -0.3 is 9.80 Å². The van der Waals surface area contributed by atoms with E-state index >= 15 is 0 Å². The molecule has 0 aliphatic carbocycles. The topological polar surface area (TPSA) is 6.48 Å². The summed E-state index contributed by atoms with van der Waals surface area (Å²) in [5.74, 6) is 0. The van der Waals surface area contributed by atoms with E-state index in [1.807, 2.05) is 0 Å². The highest BCUT2D eigenvalue weighted by Crippen LogP contribution is 2.74. The third-order valence-corrected chi connectivity index (χ3v) is 18.3. The van der Waals surface area contributed by atoms with Crippen LogP contribution in [0.1, 0.15) is 52.7 Å². The predicted molar refractivity (Wildman–Crippen MR) is 293 cm³/mol. The highest BCUT2D eigenvalue weighted by atomic mass is 32.3. The maximum atomic E-state index is 2.63. The van der Waals surface area contributed by atoms with Crippen molar-refractivity contribution in [1.82, 2.24) is 0 Å². The minimum atomic E-state index is -2.13. The molecule has 2 heterocycles. The van der Waals surface area contributed by atoms with Crippen LogP contribution in [0, 0.1) is 0 Å². The van der Waals surface area contributed by atoms with Crippen molar-refractivity contribution in [1.29, 1.82) is 0 Å². The molecule has 0 bridgehead atoms. The smallest absolute Gasteiger partial charge is 0.252 e. The van der Waals surface area contributed by atoms with Gasteiger partial charge in [0.15, 0.2) is 0 Å². The Bertz CT molecular complexity index is 3250. The van der Waals surface area contributed by atoms with Crippen LogP contribution in [0.15, 0.2) is 244 Å². The molecule has 68 heavy (non-hydrogen) atoms. The van der Waals surface area contributed by atoms with Crippen LogP contribution in [-0.2, 0) is 10.8 Å². The van der Waals surface area contributed by atoms with Crippen molar-refractivity contribution in [3.8, 4) is 0 Å². The monoisotopic (exact) mass is 894 g/mol. The third-order valence-electron chi connectivity index (χ3n) is 14.4. The van der Waals surface area contributed by atoms with E-state index < -0.39 is 10.0 Å². The number of rotatable bonds is 6. The summed E-state index contributed by atoms with van der Waals surface area (Å²) in [7, 11) is -2.13. The summed E-state index contributed by atoms with van der Waals surface area (Å²) in [6.45, 7) is 13.8. The summed E-state index contributed by atoms with van der Waals surface area (Å²) < 4.78 is 0. The SMILES string of the molecule is CC(C)(C)c1ccc(N2c3cc(S(c4ccccc4)(c4ccccc4)c4ccccc4)cc4c3B(c3ccc5ccccc5c32)c2ccc3ccccc3c2N4c2ccc(C(C)(C)C)cc2)cc1. The molecule has 0 saturated heterocycles. The van der Waals surface area contributed by atoms with Gasteiger partial charge in [-0.05, 0) is 122 Å². The first kappa shape index (κ1) is 42.1. The summed E-state index contributed by atoms with van der Waals surface area (Å²) >= 11 is 0. The van der Waals surface area contributed by atoms with Crippen molar-refractivity contribution >= 4 is 88.8 Å². The number of hydrogen-bond donors (Lipinski definition) is 0. The van der Waals surface area contributed by atoms with Crippen LogP contribution in [0.25, 0.3) is 21.5 Å². The van der Waals surface area contributed by atoms with E-state index in [0.29, 0.717) is 0 Å². The third kappa shape index (κ3) is 6.56. The van der Waals surface area contributed by atoms with Gasteiger partial charge in [-0.1, -0.05) is 193 Å². The van der Waals surface area contributed by atoms with Crippen molar-refractivity contribution in [2.24, 2.45) is 0 Å². The zero-order valence-electron chi connectivity index (χ0n) is 39.7. The number of benzene rings is 10. The Kier molecular flexibility index (Phi) is 9.87. The summed E-state index contributed by atoms with van der Waals surface area (Å²) in [6, 6.07) is 85.5. The summed E-state index contributed by atoms with van der Waals surface area (Å²) in [5.41, 5.74) is 13.8. The van der Waals surface area contributed by atoms with Gasteiger partial charge in [0.25, 0.3) is 6.71 Å². The molecule has 2 aliphatic rings. The van der Waals surface area contributed by atoms with Gasteiger partial charge in [0.05, 0.1) is 0 Å². The summed E-state index contributed by atoms with van der Waals surface area (Å²) in [5, 5.41) is 4.96. The molecule has 0 spiro atoms. The van der Waals surface area contributed by atoms with Crippen LogP contribution in [0.5, 0.6) is 0 Å². The standard InChI is InChI=1S/C64H55BN2S/c1-63(2,3)46-32-36-48(37-33-46)66-58-42-53(68(50-22-10-7-11-23-50,51-24-12-8-13-25-51)52-26-14-9-15-27-52)43-59-60(58)65(56-40-30-44-20-16-18-28-54(44)61(56)66)57-41-31-45-21-17-19-29-55(45)62(57)67(59)49-38-34-47(35-39-49)64(4,5)6/h7-43H,1-6H3. The quantitative estimate of drug-likeness (QED) is 0.153. The first-order chi connectivity index (χ1) is 33.0. The van der Waals surface area contributed by atoms with Gasteiger partial charge in [-0.15, -0.1) is 10.0 Å². The molecule has 10 aromatic carbocycles. The van der Waals surface area contributed by atoms with Gasteiger partial charge in [-0.25, -0.2) is 0 Å². The molecule has 0 N–H and O–H groups in total. The van der Waals surface area contributed by atoms with Crippen LogP contribution >= 0.6 is 10.0 Å². The highest BCUT2D eigenvalue weighted by Gasteiger charge is 2.46.